The molecular formula is C52H35N3O. The number of aromatic nitrogens is 3. The van der Waals surface area contributed by atoms with Gasteiger partial charge in [-0.05, 0) is 87.0 Å². The van der Waals surface area contributed by atoms with Crippen LogP contribution in [-0.2, 0) is 0 Å². The van der Waals surface area contributed by atoms with E-state index in [0.29, 0.717) is 17.5 Å². The number of rotatable bonds is 7. The van der Waals surface area contributed by atoms with Crippen LogP contribution in [0.5, 0.6) is 0 Å². The highest BCUT2D eigenvalue weighted by Gasteiger charge is 2.16. The Morgan fingerprint density at radius 3 is 1.68 bits per heavy atom. The normalized spacial score (nSPS) is 11.6. The maximum atomic E-state index is 6.36. The molecular weight excluding hydrogens is 683 g/mol. The molecule has 0 saturated heterocycles. The molecule has 4 heteroatoms. The van der Waals surface area contributed by atoms with Gasteiger partial charge < -0.3 is 4.42 Å². The van der Waals surface area contributed by atoms with Crippen LogP contribution >= 0.6 is 0 Å². The van der Waals surface area contributed by atoms with Crippen molar-refractivity contribution >= 4 is 38.8 Å². The first-order valence-corrected chi connectivity index (χ1v) is 18.9. The molecule has 2 aromatic heterocycles. The predicted molar refractivity (Wildman–Crippen MR) is 232 cm³/mol. The van der Waals surface area contributed by atoms with E-state index in [-0.39, 0.29) is 0 Å². The SMILES string of the molecule is C/C=C\c1ccccc1-c1ccc(-c2nc(-c3ccccc3)nc(-c3ccc4cc(-c5cccc6oc7ccc(-c8ccccc8)cc7c56)ccc4c3)n2)cc1. The third kappa shape index (κ3) is 6.13. The number of hydrogen-bond donors (Lipinski definition) is 0. The van der Waals surface area contributed by atoms with Gasteiger partial charge in [0.15, 0.2) is 17.5 Å². The van der Waals surface area contributed by atoms with Crippen molar-refractivity contribution in [2.24, 2.45) is 0 Å². The maximum absolute atomic E-state index is 6.36. The van der Waals surface area contributed by atoms with Gasteiger partial charge in [0.25, 0.3) is 0 Å². The van der Waals surface area contributed by atoms with Crippen LogP contribution < -0.4 is 0 Å². The molecule has 4 nitrogen and oxygen atoms in total. The Morgan fingerprint density at radius 1 is 0.393 bits per heavy atom. The van der Waals surface area contributed by atoms with Crippen molar-refractivity contribution in [3.63, 3.8) is 0 Å². The minimum Gasteiger partial charge on any atom is -0.456 e. The Balaban J connectivity index is 1.04. The second-order valence-corrected chi connectivity index (χ2v) is 14.0. The Bertz CT molecular complexity index is 3070. The molecule has 0 fully saturated rings. The maximum Gasteiger partial charge on any atom is 0.164 e. The molecule has 2 heterocycles. The number of fused-ring (bicyclic) bond motifs is 4. The summed E-state index contributed by atoms with van der Waals surface area (Å²) < 4.78 is 6.36. The minimum absolute atomic E-state index is 0.631. The lowest BCUT2D eigenvalue weighted by molar-refractivity contribution is 0.669. The van der Waals surface area contributed by atoms with Crippen molar-refractivity contribution < 1.29 is 4.42 Å². The van der Waals surface area contributed by atoms with Gasteiger partial charge in [-0.25, -0.2) is 15.0 Å². The van der Waals surface area contributed by atoms with Crippen molar-refractivity contribution in [1.29, 1.82) is 0 Å². The second-order valence-electron chi connectivity index (χ2n) is 14.0. The number of furan rings is 1. The Kier molecular flexibility index (Phi) is 8.34. The lowest BCUT2D eigenvalue weighted by atomic mass is 9.95. The van der Waals surface area contributed by atoms with Crippen LogP contribution in [-0.4, -0.2) is 15.0 Å². The molecule has 0 bridgehead atoms. The summed E-state index contributed by atoms with van der Waals surface area (Å²) in [5, 5.41) is 4.47. The molecule has 10 rings (SSSR count). The highest BCUT2D eigenvalue weighted by molar-refractivity contribution is 6.13. The van der Waals surface area contributed by atoms with Gasteiger partial charge in [-0.1, -0.05) is 164 Å². The summed E-state index contributed by atoms with van der Waals surface area (Å²) in [4.78, 5) is 15.1. The van der Waals surface area contributed by atoms with Crippen LogP contribution in [0, 0.1) is 0 Å². The number of nitrogens with zero attached hydrogens (tertiary/aromatic N) is 3. The number of allylic oxidation sites excluding steroid dienone is 1. The summed E-state index contributed by atoms with van der Waals surface area (Å²) in [5.41, 5.74) is 12.7. The molecule has 0 aliphatic carbocycles. The molecule has 0 N–H and O–H groups in total. The quantitative estimate of drug-likeness (QED) is 0.165. The van der Waals surface area contributed by atoms with Gasteiger partial charge in [0.1, 0.15) is 11.2 Å². The van der Waals surface area contributed by atoms with Crippen LogP contribution in [0.1, 0.15) is 12.5 Å². The van der Waals surface area contributed by atoms with Gasteiger partial charge in [-0.3, -0.25) is 0 Å². The molecule has 0 unspecified atom stereocenters. The molecule has 0 saturated carbocycles. The first-order chi connectivity index (χ1) is 27.7. The highest BCUT2D eigenvalue weighted by atomic mass is 16.3. The van der Waals surface area contributed by atoms with Gasteiger partial charge >= 0.3 is 0 Å². The van der Waals surface area contributed by atoms with E-state index in [1.54, 1.807) is 0 Å². The molecule has 0 atom stereocenters. The van der Waals surface area contributed by atoms with E-state index < -0.39 is 0 Å². The average Bonchev–Trinajstić information content (AvgIpc) is 3.65. The van der Waals surface area contributed by atoms with Gasteiger partial charge in [0.2, 0.25) is 0 Å². The third-order valence-electron chi connectivity index (χ3n) is 10.4. The summed E-state index contributed by atoms with van der Waals surface area (Å²) in [6.07, 6.45) is 4.21. The highest BCUT2D eigenvalue weighted by Crippen LogP contribution is 2.39. The smallest absolute Gasteiger partial charge is 0.164 e. The fraction of sp³-hybridized carbons (Fsp3) is 0.0192. The van der Waals surface area contributed by atoms with Crippen molar-refractivity contribution in [3.8, 4) is 67.5 Å². The predicted octanol–water partition coefficient (Wildman–Crippen LogP) is 14.0. The van der Waals surface area contributed by atoms with Gasteiger partial charge in [-0.15, -0.1) is 0 Å². The average molecular weight is 718 g/mol. The monoisotopic (exact) mass is 717 g/mol. The van der Waals surface area contributed by atoms with E-state index in [9.17, 15) is 0 Å². The molecule has 0 aliphatic rings. The van der Waals surface area contributed by atoms with E-state index in [0.717, 1.165) is 66.1 Å². The van der Waals surface area contributed by atoms with Crippen LogP contribution in [0.15, 0.2) is 192 Å². The van der Waals surface area contributed by atoms with Gasteiger partial charge in [0, 0.05) is 27.5 Å². The Labute approximate surface area is 325 Å². The van der Waals surface area contributed by atoms with Crippen LogP contribution in [0.25, 0.3) is 106 Å². The van der Waals surface area contributed by atoms with Crippen molar-refractivity contribution in [3.05, 3.63) is 194 Å². The van der Waals surface area contributed by atoms with E-state index in [1.807, 2.05) is 43.3 Å². The van der Waals surface area contributed by atoms with E-state index in [4.69, 9.17) is 19.4 Å². The topological polar surface area (TPSA) is 51.8 Å². The molecule has 0 aliphatic heterocycles. The fourth-order valence-corrected chi connectivity index (χ4v) is 7.66. The minimum atomic E-state index is 0.631. The molecule has 56 heavy (non-hydrogen) atoms. The van der Waals surface area contributed by atoms with Crippen LogP contribution in [0.4, 0.5) is 0 Å². The van der Waals surface area contributed by atoms with Crippen LogP contribution in [0.2, 0.25) is 0 Å². The van der Waals surface area contributed by atoms with Crippen molar-refractivity contribution in [2.45, 2.75) is 6.92 Å². The molecule has 0 spiro atoms. The standard InChI is InChI=1S/C52H35N3O/c1-2-12-35-15-9-10-18-44(35)36-21-23-38(24-22-36)51-53-50(37-16-7-4-8-17-37)54-52(55-51)43-28-26-39-31-42(27-25-40(39)32-43)45-19-11-20-48-49(45)46-33-41(29-30-47(46)56-48)34-13-5-3-6-14-34/h2-33H,1H3/b12-2-. The largest absolute Gasteiger partial charge is 0.456 e. The van der Waals surface area contributed by atoms with Crippen molar-refractivity contribution in [2.75, 3.05) is 0 Å². The Hall–Kier alpha value is -7.43. The number of hydrogen-bond acceptors (Lipinski definition) is 4. The second kappa shape index (κ2) is 14.1. The molecule has 8 aromatic carbocycles. The van der Waals surface area contributed by atoms with E-state index in [1.165, 1.54) is 22.3 Å². The van der Waals surface area contributed by atoms with Gasteiger partial charge in [0.05, 0.1) is 0 Å². The van der Waals surface area contributed by atoms with Crippen LogP contribution in [0.3, 0.4) is 0 Å². The summed E-state index contributed by atoms with van der Waals surface area (Å²) in [6, 6.07) is 63.4. The lowest BCUT2D eigenvalue weighted by Gasteiger charge is -2.11. The van der Waals surface area contributed by atoms with E-state index >= 15 is 0 Å². The summed E-state index contributed by atoms with van der Waals surface area (Å²) in [5.74, 6) is 1.90. The zero-order chi connectivity index (χ0) is 37.4. The lowest BCUT2D eigenvalue weighted by Crippen LogP contribution is -2.00. The molecule has 264 valence electrons. The first-order valence-electron chi connectivity index (χ1n) is 18.9. The summed E-state index contributed by atoms with van der Waals surface area (Å²) >= 11 is 0. The molecule has 10 aromatic rings. The molecule has 0 radical (unpaired) electrons. The first kappa shape index (κ1) is 33.2. The zero-order valence-corrected chi connectivity index (χ0v) is 30.7. The Morgan fingerprint density at radius 2 is 0.946 bits per heavy atom. The zero-order valence-electron chi connectivity index (χ0n) is 30.7. The third-order valence-corrected chi connectivity index (χ3v) is 10.4. The van der Waals surface area contributed by atoms with E-state index in [2.05, 4.69) is 158 Å². The summed E-state index contributed by atoms with van der Waals surface area (Å²) in [6.45, 7) is 2.04. The number of benzene rings is 8. The summed E-state index contributed by atoms with van der Waals surface area (Å²) in [7, 11) is 0. The van der Waals surface area contributed by atoms with Crippen molar-refractivity contribution in [1.82, 2.24) is 15.0 Å². The fourth-order valence-electron chi connectivity index (χ4n) is 7.66. The molecule has 0 amide bonds. The van der Waals surface area contributed by atoms with Gasteiger partial charge in [-0.2, -0.15) is 0 Å².